The van der Waals surface area contributed by atoms with Gasteiger partial charge in [0.25, 0.3) is 0 Å². The lowest BCUT2D eigenvalue weighted by Crippen LogP contribution is -2.56. The molecule has 0 radical (unpaired) electrons. The monoisotopic (exact) mass is 282 g/mol. The first-order valence-electron chi connectivity index (χ1n) is 6.40. The predicted octanol–water partition coefficient (Wildman–Crippen LogP) is -0.663. The number of carbonyl (C=O) groups excluding carboxylic acids is 1. The second-order valence-electron chi connectivity index (χ2n) is 5.13. The highest BCUT2D eigenvalue weighted by atomic mass is 16.5. The Morgan fingerprint density at radius 1 is 1.15 bits per heavy atom. The maximum atomic E-state index is 11.9. The van der Waals surface area contributed by atoms with Crippen molar-refractivity contribution < 1.29 is 30.0 Å². The van der Waals surface area contributed by atoms with Crippen molar-refractivity contribution in [3.05, 3.63) is 35.9 Å². The van der Waals surface area contributed by atoms with E-state index in [-0.39, 0.29) is 19.4 Å². The summed E-state index contributed by atoms with van der Waals surface area (Å²) in [5.74, 6) is -0.911. The van der Waals surface area contributed by atoms with E-state index >= 15 is 0 Å². The van der Waals surface area contributed by atoms with E-state index in [4.69, 9.17) is 4.74 Å². The van der Waals surface area contributed by atoms with Crippen LogP contribution in [0.4, 0.5) is 0 Å². The van der Waals surface area contributed by atoms with Gasteiger partial charge in [-0.3, -0.25) is 0 Å². The minimum atomic E-state index is -1.98. The third-order valence-corrected chi connectivity index (χ3v) is 3.47. The zero-order chi connectivity index (χ0) is 14.8. The van der Waals surface area contributed by atoms with Crippen molar-refractivity contribution in [1.82, 2.24) is 0 Å². The van der Waals surface area contributed by atoms with Crippen molar-refractivity contribution in [2.24, 2.45) is 0 Å². The molecule has 4 N–H and O–H groups in total. The number of hydrogen-bond donors (Lipinski definition) is 4. The lowest BCUT2D eigenvalue weighted by molar-refractivity contribution is -0.193. The van der Waals surface area contributed by atoms with E-state index in [1.54, 1.807) is 24.3 Å². The van der Waals surface area contributed by atoms with Crippen LogP contribution < -0.4 is 0 Å². The molecular formula is C14H18O6. The molecule has 6 nitrogen and oxygen atoms in total. The van der Waals surface area contributed by atoms with Crippen LogP contribution in [0.15, 0.2) is 30.3 Å². The average molecular weight is 282 g/mol. The summed E-state index contributed by atoms with van der Waals surface area (Å²) >= 11 is 0. The van der Waals surface area contributed by atoms with Crippen LogP contribution >= 0.6 is 0 Å². The van der Waals surface area contributed by atoms with Crippen LogP contribution in [0, 0.1) is 0 Å². The van der Waals surface area contributed by atoms with Crippen molar-refractivity contribution in [2.45, 2.75) is 43.4 Å². The molecule has 0 amide bonds. The first-order valence-corrected chi connectivity index (χ1v) is 6.40. The van der Waals surface area contributed by atoms with Gasteiger partial charge in [-0.15, -0.1) is 0 Å². The van der Waals surface area contributed by atoms with Gasteiger partial charge in [-0.25, -0.2) is 4.79 Å². The Balaban J connectivity index is 1.98. The van der Waals surface area contributed by atoms with Crippen LogP contribution in [0.25, 0.3) is 0 Å². The summed E-state index contributed by atoms with van der Waals surface area (Å²) in [6.45, 7) is -0.00325. The Hall–Kier alpha value is -1.47. The minimum absolute atomic E-state index is 0.00325. The lowest BCUT2D eigenvalue weighted by Gasteiger charge is -2.38. The van der Waals surface area contributed by atoms with Crippen LogP contribution in [-0.2, 0) is 16.1 Å². The first-order chi connectivity index (χ1) is 9.42. The molecule has 0 aliphatic heterocycles. The predicted molar refractivity (Wildman–Crippen MR) is 68.4 cm³/mol. The molecule has 0 saturated heterocycles. The van der Waals surface area contributed by atoms with Gasteiger partial charge in [0.1, 0.15) is 12.7 Å². The van der Waals surface area contributed by atoms with E-state index in [0.717, 1.165) is 5.56 Å². The standard InChI is InChI=1S/C14H18O6/c15-10-6-14(19,7-11(16)12(10)17)13(18)20-8-9-4-2-1-3-5-9/h1-5,10-12,15-17,19H,6-8H2/t10-,11-,12?,14?/m1/s1. The first kappa shape index (κ1) is 14.9. The van der Waals surface area contributed by atoms with Crippen molar-refractivity contribution in [1.29, 1.82) is 0 Å². The lowest BCUT2D eigenvalue weighted by atomic mass is 9.80. The van der Waals surface area contributed by atoms with E-state index in [2.05, 4.69) is 0 Å². The van der Waals surface area contributed by atoms with Crippen LogP contribution in [-0.4, -0.2) is 50.3 Å². The van der Waals surface area contributed by atoms with E-state index in [1.165, 1.54) is 0 Å². The molecule has 0 spiro atoms. The van der Waals surface area contributed by atoms with Crippen LogP contribution in [0.1, 0.15) is 18.4 Å². The van der Waals surface area contributed by atoms with Gasteiger partial charge in [-0.05, 0) is 5.56 Å². The highest BCUT2D eigenvalue weighted by Crippen LogP contribution is 2.30. The largest absolute Gasteiger partial charge is 0.459 e. The van der Waals surface area contributed by atoms with Crippen molar-refractivity contribution >= 4 is 5.97 Å². The van der Waals surface area contributed by atoms with Gasteiger partial charge in [-0.1, -0.05) is 30.3 Å². The van der Waals surface area contributed by atoms with Gasteiger partial charge in [0.05, 0.1) is 12.2 Å². The van der Waals surface area contributed by atoms with E-state index in [1.807, 2.05) is 6.07 Å². The topological polar surface area (TPSA) is 107 Å². The SMILES string of the molecule is O=C(OCc1ccccc1)C1(O)C[C@@H](O)C(O)[C@H](O)C1. The second-order valence-corrected chi connectivity index (χ2v) is 5.13. The molecule has 20 heavy (non-hydrogen) atoms. The van der Waals surface area contributed by atoms with Crippen molar-refractivity contribution in [3.8, 4) is 0 Å². The molecule has 0 unspecified atom stereocenters. The molecule has 1 saturated carbocycles. The van der Waals surface area contributed by atoms with Gasteiger partial charge in [0.15, 0.2) is 5.60 Å². The molecule has 0 aromatic heterocycles. The van der Waals surface area contributed by atoms with Gasteiger partial charge in [-0.2, -0.15) is 0 Å². The second kappa shape index (κ2) is 5.88. The maximum Gasteiger partial charge on any atom is 0.338 e. The average Bonchev–Trinajstić information content (AvgIpc) is 2.43. The van der Waals surface area contributed by atoms with Crippen LogP contribution in [0.3, 0.4) is 0 Å². The number of carbonyl (C=O) groups is 1. The quantitative estimate of drug-likeness (QED) is 0.548. The number of rotatable bonds is 3. The summed E-state index contributed by atoms with van der Waals surface area (Å²) in [6, 6.07) is 8.95. The number of aliphatic hydroxyl groups excluding tert-OH is 3. The van der Waals surface area contributed by atoms with Crippen LogP contribution in [0.2, 0.25) is 0 Å². The number of esters is 1. The molecule has 1 aliphatic rings. The van der Waals surface area contributed by atoms with Gasteiger partial charge >= 0.3 is 5.97 Å². The van der Waals surface area contributed by atoms with E-state index in [0.29, 0.717) is 0 Å². The summed E-state index contributed by atoms with van der Waals surface area (Å²) in [6.07, 6.45) is -4.82. The third kappa shape index (κ3) is 3.16. The summed E-state index contributed by atoms with van der Waals surface area (Å²) in [5, 5.41) is 38.7. The Bertz CT molecular complexity index is 448. The Labute approximate surface area is 116 Å². The smallest absolute Gasteiger partial charge is 0.338 e. The molecule has 0 heterocycles. The van der Waals surface area contributed by atoms with E-state index < -0.39 is 29.9 Å². The molecule has 2 rings (SSSR count). The molecule has 6 heteroatoms. The molecule has 1 aromatic carbocycles. The molecule has 2 atom stereocenters. The summed E-state index contributed by atoms with van der Waals surface area (Å²) < 4.78 is 5.01. The summed E-state index contributed by atoms with van der Waals surface area (Å²) in [4.78, 5) is 11.9. The Morgan fingerprint density at radius 3 is 2.25 bits per heavy atom. The molecule has 110 valence electrons. The summed E-state index contributed by atoms with van der Waals surface area (Å²) in [5.41, 5.74) is -1.21. The fourth-order valence-corrected chi connectivity index (χ4v) is 2.30. The molecule has 1 fully saturated rings. The molecule has 1 aliphatic carbocycles. The van der Waals surface area contributed by atoms with Gasteiger partial charge in [0, 0.05) is 12.8 Å². The molecular weight excluding hydrogens is 264 g/mol. The normalized spacial score (nSPS) is 33.7. The maximum absolute atomic E-state index is 11.9. The fraction of sp³-hybridized carbons (Fsp3) is 0.500. The number of hydrogen-bond acceptors (Lipinski definition) is 6. The van der Waals surface area contributed by atoms with Crippen molar-refractivity contribution in [3.63, 3.8) is 0 Å². The van der Waals surface area contributed by atoms with Gasteiger partial charge in [0.2, 0.25) is 0 Å². The summed E-state index contributed by atoms with van der Waals surface area (Å²) in [7, 11) is 0. The van der Waals surface area contributed by atoms with E-state index in [9.17, 15) is 25.2 Å². The highest BCUT2D eigenvalue weighted by Gasteiger charge is 2.49. The Morgan fingerprint density at radius 2 is 1.70 bits per heavy atom. The zero-order valence-electron chi connectivity index (χ0n) is 10.8. The number of aliphatic hydroxyl groups is 4. The van der Waals surface area contributed by atoms with Crippen LogP contribution in [0.5, 0.6) is 0 Å². The minimum Gasteiger partial charge on any atom is -0.459 e. The van der Waals surface area contributed by atoms with Crippen molar-refractivity contribution in [2.75, 3.05) is 0 Å². The highest BCUT2D eigenvalue weighted by molar-refractivity contribution is 5.79. The third-order valence-electron chi connectivity index (χ3n) is 3.47. The number of benzene rings is 1. The molecule has 0 bridgehead atoms. The van der Waals surface area contributed by atoms with Gasteiger partial charge < -0.3 is 25.2 Å². The number of ether oxygens (including phenoxy) is 1. The zero-order valence-corrected chi connectivity index (χ0v) is 10.8. The Kier molecular flexibility index (Phi) is 4.39. The molecule has 1 aromatic rings. The fourth-order valence-electron chi connectivity index (χ4n) is 2.30.